The van der Waals surface area contributed by atoms with Crippen molar-refractivity contribution in [1.82, 2.24) is 20.2 Å². The lowest BCUT2D eigenvalue weighted by Crippen LogP contribution is -2.37. The van der Waals surface area contributed by atoms with Crippen molar-refractivity contribution in [3.05, 3.63) is 42.7 Å². The summed E-state index contributed by atoms with van der Waals surface area (Å²) in [5.41, 5.74) is 0. The van der Waals surface area contributed by atoms with Gasteiger partial charge in [0.25, 0.3) is 0 Å². The quantitative estimate of drug-likeness (QED) is 0.804. The SMILES string of the molecule is O=C(CNCC(c1ccco1)N1CCCC1)Nc1cnccn1. The number of nitrogens with zero attached hydrogens (tertiary/aromatic N) is 3. The molecule has 7 heteroatoms. The molecule has 1 saturated heterocycles. The van der Waals surface area contributed by atoms with Crippen LogP contribution in [0.3, 0.4) is 0 Å². The highest BCUT2D eigenvalue weighted by atomic mass is 16.3. The minimum Gasteiger partial charge on any atom is -0.468 e. The number of hydrogen-bond donors (Lipinski definition) is 2. The van der Waals surface area contributed by atoms with E-state index in [1.807, 2.05) is 12.1 Å². The van der Waals surface area contributed by atoms with Gasteiger partial charge in [0.15, 0.2) is 5.82 Å². The van der Waals surface area contributed by atoms with E-state index in [4.69, 9.17) is 4.42 Å². The fraction of sp³-hybridized carbons (Fsp3) is 0.438. The van der Waals surface area contributed by atoms with Gasteiger partial charge in [0, 0.05) is 18.9 Å². The third-order valence-corrected chi connectivity index (χ3v) is 3.91. The Kier molecular flexibility index (Phi) is 5.33. The van der Waals surface area contributed by atoms with E-state index < -0.39 is 0 Å². The number of hydrogen-bond acceptors (Lipinski definition) is 6. The molecular formula is C16H21N5O2. The second-order valence-corrected chi connectivity index (χ2v) is 5.54. The smallest absolute Gasteiger partial charge is 0.239 e. The lowest BCUT2D eigenvalue weighted by atomic mass is 10.2. The molecule has 3 rings (SSSR count). The average Bonchev–Trinajstić information content (AvgIpc) is 3.26. The predicted molar refractivity (Wildman–Crippen MR) is 85.8 cm³/mol. The van der Waals surface area contributed by atoms with Gasteiger partial charge in [-0.3, -0.25) is 14.7 Å². The van der Waals surface area contributed by atoms with Gasteiger partial charge in [-0.25, -0.2) is 4.98 Å². The molecule has 1 unspecified atom stereocenters. The summed E-state index contributed by atoms with van der Waals surface area (Å²) in [5.74, 6) is 1.26. The Bertz CT molecular complexity index is 596. The molecule has 1 fully saturated rings. The maximum atomic E-state index is 11.9. The molecule has 2 aromatic rings. The molecule has 0 radical (unpaired) electrons. The average molecular weight is 315 g/mol. The van der Waals surface area contributed by atoms with Crippen molar-refractivity contribution in [3.8, 4) is 0 Å². The lowest BCUT2D eigenvalue weighted by molar-refractivity contribution is -0.115. The molecule has 1 atom stereocenters. The fourth-order valence-electron chi connectivity index (χ4n) is 2.82. The Hall–Kier alpha value is -2.25. The number of anilines is 1. The minimum absolute atomic E-state index is 0.134. The molecule has 2 N–H and O–H groups in total. The van der Waals surface area contributed by atoms with Gasteiger partial charge in [-0.05, 0) is 38.1 Å². The van der Waals surface area contributed by atoms with Crippen LogP contribution in [-0.2, 0) is 4.79 Å². The predicted octanol–water partition coefficient (Wildman–Crippen LogP) is 1.43. The van der Waals surface area contributed by atoms with E-state index in [1.54, 1.807) is 18.7 Å². The summed E-state index contributed by atoms with van der Waals surface area (Å²) in [6.07, 6.45) is 8.75. The zero-order chi connectivity index (χ0) is 15.9. The minimum atomic E-state index is -0.134. The summed E-state index contributed by atoms with van der Waals surface area (Å²) in [4.78, 5) is 22.3. The van der Waals surface area contributed by atoms with E-state index in [1.165, 1.54) is 19.0 Å². The van der Waals surface area contributed by atoms with Crippen molar-refractivity contribution in [2.75, 3.05) is 31.5 Å². The number of aromatic nitrogens is 2. The molecule has 0 saturated carbocycles. The molecule has 23 heavy (non-hydrogen) atoms. The first-order valence-electron chi connectivity index (χ1n) is 7.87. The van der Waals surface area contributed by atoms with Gasteiger partial charge >= 0.3 is 0 Å². The van der Waals surface area contributed by atoms with E-state index in [0.717, 1.165) is 18.8 Å². The van der Waals surface area contributed by atoms with Crippen LogP contribution in [0.2, 0.25) is 0 Å². The standard InChI is InChI=1S/C16H21N5O2/c22-16(20-15-11-17-5-6-19-15)12-18-10-13(14-4-3-9-23-14)21-7-1-2-8-21/h3-6,9,11,13,18H,1-2,7-8,10,12H2,(H,19,20,22). The number of carbonyl (C=O) groups excluding carboxylic acids is 1. The Morgan fingerprint density at radius 1 is 1.35 bits per heavy atom. The van der Waals surface area contributed by atoms with Crippen molar-refractivity contribution in [2.24, 2.45) is 0 Å². The van der Waals surface area contributed by atoms with Crippen molar-refractivity contribution in [2.45, 2.75) is 18.9 Å². The van der Waals surface area contributed by atoms with Crippen molar-refractivity contribution >= 4 is 11.7 Å². The third kappa shape index (κ3) is 4.37. The van der Waals surface area contributed by atoms with Crippen LogP contribution >= 0.6 is 0 Å². The third-order valence-electron chi connectivity index (χ3n) is 3.91. The summed E-state index contributed by atoms with van der Waals surface area (Å²) in [7, 11) is 0. The van der Waals surface area contributed by atoms with Crippen molar-refractivity contribution in [3.63, 3.8) is 0 Å². The van der Waals surface area contributed by atoms with Gasteiger partial charge in [0.2, 0.25) is 5.91 Å². The molecule has 0 spiro atoms. The zero-order valence-corrected chi connectivity index (χ0v) is 12.9. The molecule has 0 aliphatic carbocycles. The molecule has 122 valence electrons. The van der Waals surface area contributed by atoms with Crippen LogP contribution in [0.15, 0.2) is 41.4 Å². The van der Waals surface area contributed by atoms with Gasteiger partial charge in [-0.2, -0.15) is 0 Å². The zero-order valence-electron chi connectivity index (χ0n) is 12.9. The molecule has 0 aromatic carbocycles. The molecule has 0 bridgehead atoms. The van der Waals surface area contributed by atoms with Gasteiger partial charge in [-0.15, -0.1) is 0 Å². The maximum absolute atomic E-state index is 11.9. The highest BCUT2D eigenvalue weighted by Gasteiger charge is 2.25. The molecular weight excluding hydrogens is 294 g/mol. The molecule has 2 aromatic heterocycles. The number of amides is 1. The first-order valence-corrected chi connectivity index (χ1v) is 7.87. The van der Waals surface area contributed by atoms with E-state index in [0.29, 0.717) is 12.4 Å². The Labute approximate surface area is 135 Å². The molecule has 7 nitrogen and oxygen atoms in total. The van der Waals surface area contributed by atoms with Crippen molar-refractivity contribution < 1.29 is 9.21 Å². The first-order chi connectivity index (χ1) is 11.3. The summed E-state index contributed by atoms with van der Waals surface area (Å²) in [6, 6.07) is 4.06. The second kappa shape index (κ2) is 7.85. The highest BCUT2D eigenvalue weighted by Crippen LogP contribution is 2.24. The van der Waals surface area contributed by atoms with Crippen molar-refractivity contribution in [1.29, 1.82) is 0 Å². The van der Waals surface area contributed by atoms with Crippen LogP contribution in [0, 0.1) is 0 Å². The van der Waals surface area contributed by atoms with Crippen LogP contribution in [0.5, 0.6) is 0 Å². The number of furan rings is 1. The Morgan fingerprint density at radius 2 is 2.22 bits per heavy atom. The van der Waals surface area contributed by atoms with E-state index in [2.05, 4.69) is 25.5 Å². The largest absolute Gasteiger partial charge is 0.468 e. The number of rotatable bonds is 7. The summed E-state index contributed by atoms with van der Waals surface area (Å²) in [5, 5.41) is 5.92. The molecule has 1 aliphatic rings. The Balaban J connectivity index is 1.50. The fourth-order valence-corrected chi connectivity index (χ4v) is 2.82. The molecule has 1 amide bonds. The van der Waals surface area contributed by atoms with E-state index in [9.17, 15) is 4.79 Å². The van der Waals surface area contributed by atoms with E-state index in [-0.39, 0.29) is 18.5 Å². The van der Waals surface area contributed by atoms with Gasteiger partial charge in [0.1, 0.15) is 5.76 Å². The van der Waals surface area contributed by atoms with Crippen LogP contribution in [0.4, 0.5) is 5.82 Å². The van der Waals surface area contributed by atoms with Crippen LogP contribution in [0.25, 0.3) is 0 Å². The summed E-state index contributed by atoms with van der Waals surface area (Å²) < 4.78 is 5.56. The van der Waals surface area contributed by atoms with Gasteiger partial charge in [0.05, 0.1) is 25.0 Å². The Morgan fingerprint density at radius 3 is 2.91 bits per heavy atom. The number of likely N-dealkylation sites (tertiary alicyclic amines) is 1. The maximum Gasteiger partial charge on any atom is 0.239 e. The summed E-state index contributed by atoms with van der Waals surface area (Å²) in [6.45, 7) is 3.03. The monoisotopic (exact) mass is 315 g/mol. The second-order valence-electron chi connectivity index (χ2n) is 5.54. The van der Waals surface area contributed by atoms with Gasteiger partial charge in [-0.1, -0.05) is 0 Å². The van der Waals surface area contributed by atoms with Crippen LogP contribution < -0.4 is 10.6 Å². The normalized spacial score (nSPS) is 16.3. The number of nitrogens with one attached hydrogen (secondary N) is 2. The highest BCUT2D eigenvalue weighted by molar-refractivity contribution is 5.91. The lowest BCUT2D eigenvalue weighted by Gasteiger charge is -2.26. The van der Waals surface area contributed by atoms with Crippen LogP contribution in [-0.4, -0.2) is 47.0 Å². The summed E-state index contributed by atoms with van der Waals surface area (Å²) >= 11 is 0. The topological polar surface area (TPSA) is 83.3 Å². The van der Waals surface area contributed by atoms with E-state index >= 15 is 0 Å². The first kappa shape index (κ1) is 15.6. The molecule has 1 aliphatic heterocycles. The molecule has 3 heterocycles. The van der Waals surface area contributed by atoms with Gasteiger partial charge < -0.3 is 15.1 Å². The van der Waals surface area contributed by atoms with Crippen LogP contribution in [0.1, 0.15) is 24.6 Å². The number of carbonyl (C=O) groups is 1.